The predicted octanol–water partition coefficient (Wildman–Crippen LogP) is 1.71. The second kappa shape index (κ2) is 6.50. The van der Waals surface area contributed by atoms with E-state index in [4.69, 9.17) is 9.47 Å². The third-order valence-corrected chi connectivity index (χ3v) is 7.53. The van der Waals surface area contributed by atoms with E-state index in [-0.39, 0.29) is 6.61 Å². The van der Waals surface area contributed by atoms with E-state index in [0.717, 1.165) is 0 Å². The van der Waals surface area contributed by atoms with Crippen molar-refractivity contribution in [2.45, 2.75) is 9.20 Å². The van der Waals surface area contributed by atoms with Crippen LogP contribution in [0.25, 0.3) is 0 Å². The van der Waals surface area contributed by atoms with Gasteiger partial charge in [-0.3, -0.25) is 0 Å². The van der Waals surface area contributed by atoms with Crippen LogP contribution < -0.4 is 0 Å². The van der Waals surface area contributed by atoms with Gasteiger partial charge in [-0.05, 0) is 18.8 Å². The quantitative estimate of drug-likeness (QED) is 0.701. The molecule has 1 unspecified atom stereocenters. The van der Waals surface area contributed by atoms with Gasteiger partial charge in [0.05, 0.1) is 0 Å². The Balaban J connectivity index is 4.90. The normalized spacial score (nSPS) is 16.7. The third kappa shape index (κ3) is 2.74. The number of hydrogen-bond donors (Lipinski definition) is 1. The number of methoxy groups -OCH3 is 2. The first-order valence-corrected chi connectivity index (χ1v) is 7.65. The predicted molar refractivity (Wildman–Crippen MR) is 67.1 cm³/mol. The van der Waals surface area contributed by atoms with E-state index >= 15 is 0 Å². The van der Waals surface area contributed by atoms with Crippen LogP contribution in [0.3, 0.4) is 0 Å². The number of rotatable bonds is 7. The van der Waals surface area contributed by atoms with Crippen molar-refractivity contribution < 1.29 is 14.6 Å². The van der Waals surface area contributed by atoms with Gasteiger partial charge in [-0.1, -0.05) is 0 Å². The van der Waals surface area contributed by atoms with E-state index in [9.17, 15) is 5.11 Å². The Morgan fingerprint density at radius 1 is 1.07 bits per heavy atom. The molecule has 0 aromatic rings. The summed E-state index contributed by atoms with van der Waals surface area (Å²) < 4.78 is 9.72. The number of aliphatic hydroxyl groups is 1. The average Bonchev–Trinajstić information content (AvgIpc) is 2.21. The zero-order chi connectivity index (χ0) is 11.2. The fourth-order valence-electron chi connectivity index (χ4n) is 1.20. The minimum Gasteiger partial charge on any atom is -0.379 e. The summed E-state index contributed by atoms with van der Waals surface area (Å²) in [5.74, 6) is -1.28. The van der Waals surface area contributed by atoms with Gasteiger partial charge in [0.1, 0.15) is 6.61 Å². The minimum atomic E-state index is -1.28. The average molecular weight is 258 g/mol. The first-order chi connectivity index (χ1) is 6.55. The Morgan fingerprint density at radius 3 is 1.71 bits per heavy atom. The zero-order valence-corrected chi connectivity index (χ0v) is 11.6. The standard InChI is InChI=1S/C8H18O3S3/c1-10-6-7(9,11-2)8(12-3,13-4)14-5/h9H,6H2,1-5H3. The first kappa shape index (κ1) is 14.9. The lowest BCUT2D eigenvalue weighted by molar-refractivity contribution is -0.205. The van der Waals surface area contributed by atoms with Gasteiger partial charge in [0.15, 0.2) is 3.41 Å². The molecule has 0 saturated heterocycles. The second-order valence-corrected chi connectivity index (χ2v) is 6.43. The van der Waals surface area contributed by atoms with Crippen LogP contribution in [-0.2, 0) is 9.47 Å². The summed E-state index contributed by atoms with van der Waals surface area (Å²) in [6, 6.07) is 0. The van der Waals surface area contributed by atoms with Crippen molar-refractivity contribution in [1.82, 2.24) is 0 Å². The topological polar surface area (TPSA) is 38.7 Å². The molecule has 0 heterocycles. The van der Waals surface area contributed by atoms with Gasteiger partial charge in [-0.15, -0.1) is 35.3 Å². The van der Waals surface area contributed by atoms with E-state index in [1.807, 2.05) is 18.8 Å². The molecule has 0 fully saturated rings. The molecule has 0 amide bonds. The molecule has 1 N–H and O–H groups in total. The Hall–Kier alpha value is 0.930. The highest BCUT2D eigenvalue weighted by atomic mass is 32.3. The fourth-order valence-corrected chi connectivity index (χ4v) is 4.58. The summed E-state index contributed by atoms with van der Waals surface area (Å²) in [4.78, 5) is 0. The minimum absolute atomic E-state index is 0.159. The summed E-state index contributed by atoms with van der Waals surface area (Å²) in [7, 11) is 3.05. The van der Waals surface area contributed by atoms with Crippen LogP contribution in [0.2, 0.25) is 0 Å². The van der Waals surface area contributed by atoms with Crippen LogP contribution in [0.1, 0.15) is 0 Å². The lowest BCUT2D eigenvalue weighted by Crippen LogP contribution is -2.52. The van der Waals surface area contributed by atoms with Crippen LogP contribution in [0, 0.1) is 0 Å². The molecule has 1 atom stereocenters. The maximum Gasteiger partial charge on any atom is 0.223 e. The molecule has 0 saturated carbocycles. The van der Waals surface area contributed by atoms with Gasteiger partial charge >= 0.3 is 0 Å². The Kier molecular flexibility index (Phi) is 6.93. The summed E-state index contributed by atoms with van der Waals surface area (Å²) in [6.45, 7) is 0.159. The molecule has 0 aliphatic rings. The van der Waals surface area contributed by atoms with E-state index in [0.29, 0.717) is 0 Å². The first-order valence-electron chi connectivity index (χ1n) is 3.97. The number of thioether (sulfide) groups is 3. The highest BCUT2D eigenvalue weighted by Gasteiger charge is 2.50. The largest absolute Gasteiger partial charge is 0.379 e. The van der Waals surface area contributed by atoms with Gasteiger partial charge in [0.2, 0.25) is 5.79 Å². The van der Waals surface area contributed by atoms with Gasteiger partial charge in [0, 0.05) is 14.2 Å². The molecule has 0 aliphatic carbocycles. The molecule has 0 aliphatic heterocycles. The van der Waals surface area contributed by atoms with Gasteiger partial charge in [-0.2, -0.15) is 0 Å². The van der Waals surface area contributed by atoms with Crippen LogP contribution in [0.5, 0.6) is 0 Å². The van der Waals surface area contributed by atoms with Crippen LogP contribution >= 0.6 is 35.3 Å². The Bertz CT molecular complexity index is 156. The van der Waals surface area contributed by atoms with Crippen molar-refractivity contribution in [3.8, 4) is 0 Å². The van der Waals surface area contributed by atoms with Gasteiger partial charge in [0.25, 0.3) is 0 Å². The van der Waals surface area contributed by atoms with Crippen molar-refractivity contribution in [2.75, 3.05) is 39.6 Å². The third-order valence-electron chi connectivity index (χ3n) is 1.96. The summed E-state index contributed by atoms with van der Waals surface area (Å²) >= 11 is 4.68. The number of hydrogen-bond acceptors (Lipinski definition) is 6. The highest BCUT2D eigenvalue weighted by molar-refractivity contribution is 8.33. The van der Waals surface area contributed by atoms with Crippen molar-refractivity contribution in [3.05, 3.63) is 0 Å². The maximum atomic E-state index is 10.3. The van der Waals surface area contributed by atoms with Gasteiger partial charge < -0.3 is 14.6 Å². The lowest BCUT2D eigenvalue weighted by Gasteiger charge is -2.42. The Morgan fingerprint density at radius 2 is 1.50 bits per heavy atom. The summed E-state index contributed by atoms with van der Waals surface area (Å²) in [6.07, 6.45) is 5.85. The maximum absolute atomic E-state index is 10.3. The molecule has 6 heteroatoms. The van der Waals surface area contributed by atoms with Crippen molar-refractivity contribution in [3.63, 3.8) is 0 Å². The Labute approximate surface area is 98.7 Å². The molecule has 3 nitrogen and oxygen atoms in total. The van der Waals surface area contributed by atoms with E-state index in [2.05, 4.69) is 0 Å². The van der Waals surface area contributed by atoms with Crippen molar-refractivity contribution in [2.24, 2.45) is 0 Å². The van der Waals surface area contributed by atoms with Crippen molar-refractivity contribution in [1.29, 1.82) is 0 Å². The molecule has 0 spiro atoms. The molecular weight excluding hydrogens is 240 g/mol. The van der Waals surface area contributed by atoms with Crippen LogP contribution in [0.4, 0.5) is 0 Å². The van der Waals surface area contributed by atoms with Crippen LogP contribution in [-0.4, -0.2) is 53.9 Å². The summed E-state index contributed by atoms with van der Waals surface area (Å²) in [5, 5.41) is 10.3. The second-order valence-electron chi connectivity index (χ2n) is 2.59. The fraction of sp³-hybridized carbons (Fsp3) is 1.00. The zero-order valence-electron chi connectivity index (χ0n) is 9.20. The van der Waals surface area contributed by atoms with E-state index in [1.54, 1.807) is 42.4 Å². The molecule has 0 bridgehead atoms. The summed E-state index contributed by atoms with van der Waals surface area (Å²) in [5.41, 5.74) is 0. The smallest absolute Gasteiger partial charge is 0.223 e. The van der Waals surface area contributed by atoms with Crippen molar-refractivity contribution >= 4 is 35.3 Å². The molecule has 14 heavy (non-hydrogen) atoms. The molecular formula is C8H18O3S3. The molecule has 0 aromatic carbocycles. The monoisotopic (exact) mass is 258 g/mol. The molecule has 0 radical (unpaired) electrons. The van der Waals surface area contributed by atoms with Gasteiger partial charge in [-0.25, -0.2) is 0 Å². The van der Waals surface area contributed by atoms with Crippen LogP contribution in [0.15, 0.2) is 0 Å². The lowest BCUT2D eigenvalue weighted by atomic mass is 10.3. The molecule has 86 valence electrons. The number of ether oxygens (including phenoxy) is 2. The molecule has 0 rings (SSSR count). The highest BCUT2D eigenvalue weighted by Crippen LogP contribution is 2.51. The van der Waals surface area contributed by atoms with E-state index in [1.165, 1.54) is 7.11 Å². The SMILES string of the molecule is COCC(O)(OC)C(SC)(SC)SC. The van der Waals surface area contributed by atoms with E-state index < -0.39 is 9.20 Å². The molecule has 0 aromatic heterocycles.